The Kier molecular flexibility index (Phi) is 5.73. The lowest BCUT2D eigenvalue weighted by Crippen LogP contribution is -2.36. The van der Waals surface area contributed by atoms with Crippen LogP contribution in [0.15, 0.2) is 42.9 Å². The minimum Gasteiger partial charge on any atom is -0.508 e. The molecule has 0 fully saturated rings. The van der Waals surface area contributed by atoms with Gasteiger partial charge in [-0.05, 0) is 43.0 Å². The lowest BCUT2D eigenvalue weighted by atomic mass is 9.95. The number of hydrogen-bond donors (Lipinski definition) is 2. The molecule has 1 unspecified atom stereocenters. The van der Waals surface area contributed by atoms with E-state index in [4.69, 9.17) is 4.74 Å². The number of rotatable bonds is 6. The third-order valence-corrected chi connectivity index (χ3v) is 5.13. The van der Waals surface area contributed by atoms with Crippen LogP contribution in [0.1, 0.15) is 33.6 Å². The SMILES string of the molecule is COC(=O)c1c(O)cc(O)c(C)c1CCC1N(C)C=CN1Cc1ccccn1. The van der Waals surface area contributed by atoms with Crippen molar-refractivity contribution in [2.24, 2.45) is 0 Å². The van der Waals surface area contributed by atoms with E-state index in [1.165, 1.54) is 13.2 Å². The monoisotopic (exact) mass is 383 g/mol. The van der Waals surface area contributed by atoms with Crippen molar-refractivity contribution in [3.05, 3.63) is 65.2 Å². The number of phenols is 2. The van der Waals surface area contributed by atoms with E-state index in [0.29, 0.717) is 30.5 Å². The van der Waals surface area contributed by atoms with Gasteiger partial charge in [-0.2, -0.15) is 0 Å². The number of ether oxygens (including phenoxy) is 1. The van der Waals surface area contributed by atoms with E-state index < -0.39 is 5.97 Å². The molecule has 7 nitrogen and oxygen atoms in total. The highest BCUT2D eigenvalue weighted by atomic mass is 16.5. The first-order chi connectivity index (χ1) is 13.4. The van der Waals surface area contributed by atoms with Crippen LogP contribution in [0.4, 0.5) is 0 Å². The molecule has 0 amide bonds. The lowest BCUT2D eigenvalue weighted by Gasteiger charge is -2.31. The summed E-state index contributed by atoms with van der Waals surface area (Å²) in [6.07, 6.45) is 7.04. The molecule has 0 spiro atoms. The van der Waals surface area contributed by atoms with E-state index in [0.717, 1.165) is 5.69 Å². The van der Waals surface area contributed by atoms with Crippen molar-refractivity contribution in [2.75, 3.05) is 14.2 Å². The van der Waals surface area contributed by atoms with Gasteiger partial charge < -0.3 is 24.7 Å². The van der Waals surface area contributed by atoms with Crippen molar-refractivity contribution in [3.8, 4) is 11.5 Å². The molecular weight excluding hydrogens is 358 g/mol. The van der Waals surface area contributed by atoms with Gasteiger partial charge >= 0.3 is 5.97 Å². The average Bonchev–Trinajstić information content (AvgIpc) is 3.03. The Morgan fingerprint density at radius 2 is 2.04 bits per heavy atom. The molecular formula is C21H25N3O4. The van der Waals surface area contributed by atoms with E-state index >= 15 is 0 Å². The molecule has 28 heavy (non-hydrogen) atoms. The summed E-state index contributed by atoms with van der Waals surface area (Å²) in [5.41, 5.74) is 2.25. The first-order valence-electron chi connectivity index (χ1n) is 9.11. The van der Waals surface area contributed by atoms with Gasteiger partial charge in [-0.25, -0.2) is 4.79 Å². The van der Waals surface area contributed by atoms with Crippen LogP contribution in [0.5, 0.6) is 11.5 Å². The predicted molar refractivity (Wildman–Crippen MR) is 105 cm³/mol. The van der Waals surface area contributed by atoms with Gasteiger partial charge in [-0.1, -0.05) is 6.07 Å². The fourth-order valence-electron chi connectivity index (χ4n) is 3.55. The van der Waals surface area contributed by atoms with Crippen molar-refractivity contribution in [1.29, 1.82) is 0 Å². The zero-order chi connectivity index (χ0) is 20.3. The van der Waals surface area contributed by atoms with Crippen LogP contribution >= 0.6 is 0 Å². The summed E-state index contributed by atoms with van der Waals surface area (Å²) in [6.45, 7) is 2.40. The first kappa shape index (κ1) is 19.5. The summed E-state index contributed by atoms with van der Waals surface area (Å²) >= 11 is 0. The number of hydrogen-bond acceptors (Lipinski definition) is 7. The number of benzene rings is 1. The normalized spacial score (nSPS) is 15.9. The molecule has 0 bridgehead atoms. The Hall–Kier alpha value is -3.22. The van der Waals surface area contributed by atoms with Crippen molar-refractivity contribution >= 4 is 5.97 Å². The highest BCUT2D eigenvalue weighted by Gasteiger charge is 2.27. The summed E-state index contributed by atoms with van der Waals surface area (Å²) < 4.78 is 4.82. The summed E-state index contributed by atoms with van der Waals surface area (Å²) in [5, 5.41) is 20.3. The Morgan fingerprint density at radius 3 is 2.71 bits per heavy atom. The molecule has 0 radical (unpaired) electrons. The van der Waals surface area contributed by atoms with Crippen LogP contribution < -0.4 is 0 Å². The van der Waals surface area contributed by atoms with Gasteiger partial charge in [0.15, 0.2) is 0 Å². The van der Waals surface area contributed by atoms with Crippen LogP contribution in [-0.2, 0) is 17.7 Å². The number of pyridine rings is 1. The largest absolute Gasteiger partial charge is 0.508 e. The number of aromatic nitrogens is 1. The number of phenolic OH excluding ortho intramolecular Hbond substituents is 2. The van der Waals surface area contributed by atoms with Gasteiger partial charge in [0.25, 0.3) is 0 Å². The number of aromatic hydroxyl groups is 2. The Balaban J connectivity index is 1.81. The zero-order valence-corrected chi connectivity index (χ0v) is 16.3. The van der Waals surface area contributed by atoms with Crippen LogP contribution in [0, 0.1) is 6.92 Å². The first-order valence-corrected chi connectivity index (χ1v) is 9.11. The second-order valence-corrected chi connectivity index (χ2v) is 6.86. The summed E-state index contributed by atoms with van der Waals surface area (Å²) in [5.74, 6) is -0.921. The van der Waals surface area contributed by atoms with Crippen molar-refractivity contribution in [1.82, 2.24) is 14.8 Å². The molecule has 0 saturated heterocycles. The minimum absolute atomic E-state index is 0.0385. The molecule has 1 aromatic heterocycles. The standard InChI is InChI=1S/C21H25N3O4/c1-14-16(20(21(27)28-3)18(26)12-17(14)25)7-8-19-23(2)10-11-24(19)13-15-6-4-5-9-22-15/h4-6,9-12,19,25-26H,7-8,13H2,1-3H3. The van der Waals surface area contributed by atoms with Gasteiger partial charge in [-0.3, -0.25) is 4.98 Å². The van der Waals surface area contributed by atoms with Crippen molar-refractivity contribution in [2.45, 2.75) is 32.5 Å². The summed E-state index contributed by atoms with van der Waals surface area (Å²) in [6, 6.07) is 7.01. The molecule has 1 atom stereocenters. The third-order valence-electron chi connectivity index (χ3n) is 5.13. The molecule has 7 heteroatoms. The highest BCUT2D eigenvalue weighted by molar-refractivity contribution is 5.95. The number of esters is 1. The van der Waals surface area contributed by atoms with Gasteiger partial charge in [0.1, 0.15) is 23.2 Å². The number of nitrogens with zero attached hydrogens (tertiary/aromatic N) is 3. The van der Waals surface area contributed by atoms with Crippen LogP contribution in [0.2, 0.25) is 0 Å². The molecule has 1 aliphatic heterocycles. The smallest absolute Gasteiger partial charge is 0.341 e. The molecule has 1 aromatic carbocycles. The van der Waals surface area contributed by atoms with Crippen LogP contribution in [0.25, 0.3) is 0 Å². The lowest BCUT2D eigenvalue weighted by molar-refractivity contribution is 0.0595. The molecule has 1 aliphatic rings. The third kappa shape index (κ3) is 3.88. The number of carbonyl (C=O) groups is 1. The molecule has 0 aliphatic carbocycles. The molecule has 3 rings (SSSR count). The average molecular weight is 383 g/mol. The zero-order valence-electron chi connectivity index (χ0n) is 16.3. The van der Waals surface area contributed by atoms with Crippen LogP contribution in [-0.4, -0.2) is 51.3 Å². The quantitative estimate of drug-likeness (QED) is 0.742. The molecule has 2 N–H and O–H groups in total. The fourth-order valence-corrected chi connectivity index (χ4v) is 3.55. The minimum atomic E-state index is -0.612. The fraction of sp³-hybridized carbons (Fsp3) is 0.333. The van der Waals surface area contributed by atoms with E-state index in [1.54, 1.807) is 13.1 Å². The second kappa shape index (κ2) is 8.21. The van der Waals surface area contributed by atoms with Crippen molar-refractivity contribution < 1.29 is 19.7 Å². The maximum absolute atomic E-state index is 12.2. The topological polar surface area (TPSA) is 86.1 Å². The summed E-state index contributed by atoms with van der Waals surface area (Å²) in [7, 11) is 3.27. The summed E-state index contributed by atoms with van der Waals surface area (Å²) in [4.78, 5) is 20.8. The van der Waals surface area contributed by atoms with Gasteiger partial charge in [-0.15, -0.1) is 0 Å². The molecule has 2 heterocycles. The van der Waals surface area contributed by atoms with E-state index in [-0.39, 0.29) is 23.2 Å². The molecule has 148 valence electrons. The second-order valence-electron chi connectivity index (χ2n) is 6.86. The Morgan fingerprint density at radius 1 is 1.25 bits per heavy atom. The highest BCUT2D eigenvalue weighted by Crippen LogP contribution is 2.34. The van der Waals surface area contributed by atoms with Gasteiger partial charge in [0.2, 0.25) is 0 Å². The molecule has 2 aromatic rings. The predicted octanol–water partition coefficient (Wildman–Crippen LogP) is 2.77. The number of methoxy groups -OCH3 is 1. The van der Waals surface area contributed by atoms with E-state index in [1.807, 2.05) is 37.6 Å². The van der Waals surface area contributed by atoms with Gasteiger partial charge in [0.05, 0.1) is 19.3 Å². The molecule has 0 saturated carbocycles. The van der Waals surface area contributed by atoms with E-state index in [2.05, 4.69) is 14.8 Å². The number of carbonyl (C=O) groups excluding carboxylic acids is 1. The van der Waals surface area contributed by atoms with Crippen LogP contribution in [0.3, 0.4) is 0 Å². The van der Waals surface area contributed by atoms with Gasteiger partial charge in [0, 0.05) is 31.7 Å². The van der Waals surface area contributed by atoms with E-state index in [9.17, 15) is 15.0 Å². The maximum atomic E-state index is 12.2. The Labute approximate surface area is 164 Å². The maximum Gasteiger partial charge on any atom is 0.341 e. The van der Waals surface area contributed by atoms with Crippen molar-refractivity contribution in [3.63, 3.8) is 0 Å². The Bertz CT molecular complexity index is 883.